The van der Waals surface area contributed by atoms with Gasteiger partial charge in [-0.25, -0.2) is 0 Å². The molecule has 1 aromatic rings. The van der Waals surface area contributed by atoms with Crippen molar-refractivity contribution in [3.05, 3.63) is 34.2 Å². The van der Waals surface area contributed by atoms with Gasteiger partial charge in [-0.1, -0.05) is 6.07 Å². The van der Waals surface area contributed by atoms with Crippen molar-refractivity contribution >= 4 is 5.91 Å². The first-order valence-corrected chi connectivity index (χ1v) is 5.58. The molecule has 0 saturated heterocycles. The number of nitrogens with zero attached hydrogens (tertiary/aromatic N) is 2. The molecule has 17 heavy (non-hydrogen) atoms. The number of hydrogen-bond acceptors (Lipinski definition) is 3. The van der Waals surface area contributed by atoms with Crippen LogP contribution >= 0.6 is 0 Å². The zero-order valence-electron chi connectivity index (χ0n) is 10.6. The third kappa shape index (κ3) is 4.40. The van der Waals surface area contributed by atoms with Crippen molar-refractivity contribution in [1.29, 1.82) is 0 Å². The van der Waals surface area contributed by atoms with Crippen LogP contribution in [0, 0.1) is 6.92 Å². The topological polar surface area (TPSA) is 54.3 Å². The number of aromatic nitrogens is 1. The van der Waals surface area contributed by atoms with Gasteiger partial charge >= 0.3 is 0 Å². The van der Waals surface area contributed by atoms with Gasteiger partial charge in [-0.05, 0) is 27.1 Å². The minimum atomic E-state index is -0.139. The van der Waals surface area contributed by atoms with Gasteiger partial charge in [0.1, 0.15) is 6.54 Å². The van der Waals surface area contributed by atoms with Crippen LogP contribution < -0.4 is 10.9 Å². The standard InChI is InChI=1S/C12H19N3O2/c1-10-5-4-7-15(12(10)17)9-11(16)13-6-8-14(2)3/h4-5,7H,6,8-9H2,1-3H3,(H,13,16). The van der Waals surface area contributed by atoms with Gasteiger partial charge < -0.3 is 14.8 Å². The highest BCUT2D eigenvalue weighted by Crippen LogP contribution is 1.89. The first-order chi connectivity index (χ1) is 8.00. The number of hydrogen-bond donors (Lipinski definition) is 1. The molecule has 0 fully saturated rings. The molecule has 0 aliphatic heterocycles. The number of carbonyl (C=O) groups excluding carboxylic acids is 1. The van der Waals surface area contributed by atoms with Crippen LogP contribution in [0.15, 0.2) is 23.1 Å². The van der Waals surface area contributed by atoms with Gasteiger partial charge in [0.2, 0.25) is 5.91 Å². The van der Waals surface area contributed by atoms with E-state index in [1.54, 1.807) is 25.3 Å². The highest BCUT2D eigenvalue weighted by Gasteiger charge is 2.04. The average Bonchev–Trinajstić information content (AvgIpc) is 2.24. The van der Waals surface area contributed by atoms with Crippen molar-refractivity contribution in [2.45, 2.75) is 13.5 Å². The Labute approximate surface area is 101 Å². The van der Waals surface area contributed by atoms with Crippen LogP contribution in [0.3, 0.4) is 0 Å². The van der Waals surface area contributed by atoms with E-state index in [2.05, 4.69) is 5.32 Å². The minimum Gasteiger partial charge on any atom is -0.353 e. The lowest BCUT2D eigenvalue weighted by Crippen LogP contribution is -2.36. The lowest BCUT2D eigenvalue weighted by Gasteiger charge is -2.11. The maximum absolute atomic E-state index is 11.7. The van der Waals surface area contributed by atoms with Crippen LogP contribution in [0.4, 0.5) is 0 Å². The van der Waals surface area contributed by atoms with Crippen molar-refractivity contribution in [2.24, 2.45) is 0 Å². The zero-order valence-corrected chi connectivity index (χ0v) is 10.6. The molecular formula is C12H19N3O2. The summed E-state index contributed by atoms with van der Waals surface area (Å²) in [5.41, 5.74) is 0.531. The number of pyridine rings is 1. The predicted octanol–water partition coefficient (Wildman–Crippen LogP) is -0.165. The molecule has 0 aliphatic carbocycles. The largest absolute Gasteiger partial charge is 0.353 e. The van der Waals surface area contributed by atoms with Crippen LogP contribution in [0.1, 0.15) is 5.56 Å². The smallest absolute Gasteiger partial charge is 0.253 e. The lowest BCUT2D eigenvalue weighted by molar-refractivity contribution is -0.121. The number of likely N-dealkylation sites (N-methyl/N-ethyl adjacent to an activating group) is 1. The van der Waals surface area contributed by atoms with E-state index < -0.39 is 0 Å². The van der Waals surface area contributed by atoms with E-state index in [0.717, 1.165) is 6.54 Å². The Bertz CT molecular complexity index is 438. The highest BCUT2D eigenvalue weighted by molar-refractivity contribution is 5.75. The molecule has 5 heteroatoms. The second-order valence-corrected chi connectivity index (χ2v) is 4.28. The van der Waals surface area contributed by atoms with E-state index in [0.29, 0.717) is 12.1 Å². The van der Waals surface area contributed by atoms with Gasteiger partial charge in [0.25, 0.3) is 5.56 Å². The SMILES string of the molecule is Cc1cccn(CC(=O)NCCN(C)C)c1=O. The summed E-state index contributed by atoms with van der Waals surface area (Å²) < 4.78 is 1.42. The molecule has 1 aromatic heterocycles. The molecular weight excluding hydrogens is 218 g/mol. The van der Waals surface area contributed by atoms with Gasteiger partial charge in [0.15, 0.2) is 0 Å². The fraction of sp³-hybridized carbons (Fsp3) is 0.500. The minimum absolute atomic E-state index is 0.0773. The molecule has 1 heterocycles. The fourth-order valence-corrected chi connectivity index (χ4v) is 1.41. The maximum atomic E-state index is 11.7. The van der Waals surface area contributed by atoms with E-state index in [9.17, 15) is 9.59 Å². The van der Waals surface area contributed by atoms with Crippen molar-refractivity contribution in [1.82, 2.24) is 14.8 Å². The Hall–Kier alpha value is -1.62. The second kappa shape index (κ2) is 6.20. The number of amides is 1. The number of rotatable bonds is 5. The normalized spacial score (nSPS) is 10.6. The monoisotopic (exact) mass is 237 g/mol. The van der Waals surface area contributed by atoms with Crippen LogP contribution in [0.5, 0.6) is 0 Å². The molecule has 0 radical (unpaired) electrons. The Morgan fingerprint density at radius 1 is 1.47 bits per heavy atom. The summed E-state index contributed by atoms with van der Waals surface area (Å²) in [6, 6.07) is 3.51. The van der Waals surface area contributed by atoms with E-state index in [1.165, 1.54) is 4.57 Å². The summed E-state index contributed by atoms with van der Waals surface area (Å²) in [6.45, 7) is 3.19. The summed E-state index contributed by atoms with van der Waals surface area (Å²) in [5, 5.41) is 2.77. The van der Waals surface area contributed by atoms with Gasteiger partial charge in [0.05, 0.1) is 0 Å². The average molecular weight is 237 g/mol. The molecule has 5 nitrogen and oxygen atoms in total. The molecule has 0 atom stereocenters. The molecule has 0 saturated carbocycles. The predicted molar refractivity (Wildman–Crippen MR) is 67.0 cm³/mol. The zero-order chi connectivity index (χ0) is 12.8. The van der Waals surface area contributed by atoms with Crippen LogP contribution in [0.2, 0.25) is 0 Å². The highest BCUT2D eigenvalue weighted by atomic mass is 16.2. The molecule has 1 rings (SSSR count). The van der Waals surface area contributed by atoms with Crippen molar-refractivity contribution in [3.63, 3.8) is 0 Å². The molecule has 1 amide bonds. The Morgan fingerprint density at radius 3 is 2.82 bits per heavy atom. The van der Waals surface area contributed by atoms with Gasteiger partial charge in [-0.3, -0.25) is 9.59 Å². The Morgan fingerprint density at radius 2 is 2.18 bits per heavy atom. The molecule has 0 unspecified atom stereocenters. The Balaban J connectivity index is 2.51. The quantitative estimate of drug-likeness (QED) is 0.774. The van der Waals surface area contributed by atoms with Crippen molar-refractivity contribution < 1.29 is 4.79 Å². The Kier molecular flexibility index (Phi) is 4.90. The van der Waals surface area contributed by atoms with Crippen LogP contribution in [-0.2, 0) is 11.3 Å². The van der Waals surface area contributed by atoms with Gasteiger partial charge in [-0.2, -0.15) is 0 Å². The summed E-state index contributed by atoms with van der Waals surface area (Å²) in [5.74, 6) is -0.139. The van der Waals surface area contributed by atoms with Gasteiger partial charge in [-0.15, -0.1) is 0 Å². The molecule has 94 valence electrons. The lowest BCUT2D eigenvalue weighted by atomic mass is 10.3. The molecule has 1 N–H and O–H groups in total. The first-order valence-electron chi connectivity index (χ1n) is 5.58. The van der Waals surface area contributed by atoms with E-state index in [-0.39, 0.29) is 18.0 Å². The summed E-state index contributed by atoms with van der Waals surface area (Å²) in [4.78, 5) is 25.2. The molecule has 0 aliphatic rings. The molecule has 0 aromatic carbocycles. The van der Waals surface area contributed by atoms with Gasteiger partial charge in [0, 0.05) is 24.8 Å². The van der Waals surface area contributed by atoms with Crippen LogP contribution in [-0.4, -0.2) is 42.6 Å². The van der Waals surface area contributed by atoms with E-state index in [4.69, 9.17) is 0 Å². The first kappa shape index (κ1) is 13.4. The summed E-state index contributed by atoms with van der Waals surface area (Å²) >= 11 is 0. The maximum Gasteiger partial charge on any atom is 0.253 e. The number of aryl methyl sites for hydroxylation is 1. The third-order valence-electron chi connectivity index (χ3n) is 2.41. The summed E-state index contributed by atoms with van der Waals surface area (Å²) in [7, 11) is 3.88. The van der Waals surface area contributed by atoms with E-state index in [1.807, 2.05) is 19.0 Å². The van der Waals surface area contributed by atoms with Crippen LogP contribution in [0.25, 0.3) is 0 Å². The molecule has 0 bridgehead atoms. The van der Waals surface area contributed by atoms with E-state index >= 15 is 0 Å². The third-order valence-corrected chi connectivity index (χ3v) is 2.41. The second-order valence-electron chi connectivity index (χ2n) is 4.28. The van der Waals surface area contributed by atoms with Crippen molar-refractivity contribution in [3.8, 4) is 0 Å². The molecule has 0 spiro atoms. The number of nitrogens with one attached hydrogen (secondary N) is 1. The summed E-state index contributed by atoms with van der Waals surface area (Å²) in [6.07, 6.45) is 1.63. The number of carbonyl (C=O) groups is 1. The van der Waals surface area contributed by atoms with Crippen molar-refractivity contribution in [2.75, 3.05) is 27.2 Å². The fourth-order valence-electron chi connectivity index (χ4n) is 1.41.